The molecule has 1 atom stereocenters. The van der Waals surface area contributed by atoms with Gasteiger partial charge in [0.05, 0.1) is 11.1 Å². The molecule has 0 bridgehead atoms. The molecule has 0 saturated carbocycles. The fourth-order valence-electron chi connectivity index (χ4n) is 2.56. The third kappa shape index (κ3) is 3.65. The van der Waals surface area contributed by atoms with Crippen LogP contribution in [0.2, 0.25) is 0 Å². The van der Waals surface area contributed by atoms with E-state index in [1.165, 1.54) is 0 Å². The van der Waals surface area contributed by atoms with Crippen molar-refractivity contribution in [2.24, 2.45) is 11.7 Å². The lowest BCUT2D eigenvalue weighted by Crippen LogP contribution is -2.55. The zero-order valence-corrected chi connectivity index (χ0v) is 16.0. The lowest BCUT2D eigenvalue weighted by molar-refractivity contribution is 0.0882. The van der Waals surface area contributed by atoms with Crippen molar-refractivity contribution in [3.8, 4) is 5.82 Å². The largest absolute Gasteiger partial charge is 0.360 e. The van der Waals surface area contributed by atoms with Gasteiger partial charge < -0.3 is 15.6 Å². The van der Waals surface area contributed by atoms with E-state index in [4.69, 9.17) is 10.3 Å². The Kier molecular flexibility index (Phi) is 6.25. The number of nitrogens with two attached hydrogens (primary N) is 1. The average molecular weight is 355 g/mol. The van der Waals surface area contributed by atoms with Crippen LogP contribution in [-0.2, 0) is 0 Å². The highest BCUT2D eigenvalue weighted by Crippen LogP contribution is 2.22. The molecular weight excluding hydrogens is 328 g/mol. The summed E-state index contributed by atoms with van der Waals surface area (Å²) in [5.41, 5.74) is 7.81. The van der Waals surface area contributed by atoms with Crippen LogP contribution < -0.4 is 11.1 Å². The molecular formula is C17H27ClN4O2. The van der Waals surface area contributed by atoms with Crippen LogP contribution in [0.5, 0.6) is 0 Å². The number of amides is 1. The molecule has 0 spiro atoms. The van der Waals surface area contributed by atoms with E-state index in [1.54, 1.807) is 0 Å². The Morgan fingerprint density at radius 3 is 2.46 bits per heavy atom. The van der Waals surface area contributed by atoms with Crippen molar-refractivity contribution in [2.75, 3.05) is 6.54 Å². The van der Waals surface area contributed by atoms with Crippen molar-refractivity contribution >= 4 is 18.3 Å². The molecule has 6 nitrogen and oxygen atoms in total. The van der Waals surface area contributed by atoms with Gasteiger partial charge in [-0.25, -0.2) is 0 Å². The highest BCUT2D eigenvalue weighted by Gasteiger charge is 2.30. The SMILES string of the molecule is Cc1cc(-n2c(C)cc(C(=O)NC(C)(CN)C(C)C)c2C)no1.Cl. The maximum atomic E-state index is 12.7. The van der Waals surface area contributed by atoms with Crippen molar-refractivity contribution in [1.82, 2.24) is 15.0 Å². The fourth-order valence-corrected chi connectivity index (χ4v) is 2.56. The minimum absolute atomic E-state index is 0. The van der Waals surface area contributed by atoms with E-state index in [2.05, 4.69) is 24.3 Å². The van der Waals surface area contributed by atoms with Crippen LogP contribution in [0, 0.1) is 26.7 Å². The summed E-state index contributed by atoms with van der Waals surface area (Å²) in [4.78, 5) is 12.7. The quantitative estimate of drug-likeness (QED) is 0.864. The second-order valence-electron chi connectivity index (χ2n) is 6.65. The van der Waals surface area contributed by atoms with Gasteiger partial charge >= 0.3 is 0 Å². The van der Waals surface area contributed by atoms with Crippen molar-refractivity contribution in [1.29, 1.82) is 0 Å². The summed E-state index contributed by atoms with van der Waals surface area (Å²) in [7, 11) is 0. The first-order valence-corrected chi connectivity index (χ1v) is 7.85. The third-order valence-electron chi connectivity index (χ3n) is 4.62. The van der Waals surface area contributed by atoms with Gasteiger partial charge in [-0.1, -0.05) is 19.0 Å². The van der Waals surface area contributed by atoms with Gasteiger partial charge in [-0.05, 0) is 39.7 Å². The molecule has 0 aliphatic carbocycles. The maximum Gasteiger partial charge on any atom is 0.253 e. The van der Waals surface area contributed by atoms with Crippen molar-refractivity contribution in [2.45, 2.75) is 47.1 Å². The van der Waals surface area contributed by atoms with E-state index in [9.17, 15) is 4.79 Å². The van der Waals surface area contributed by atoms with Crippen LogP contribution in [-0.4, -0.2) is 27.7 Å². The first kappa shape index (κ1) is 20.3. The fraction of sp³-hybridized carbons (Fsp3) is 0.529. The number of nitrogens with one attached hydrogen (secondary N) is 1. The molecule has 0 fully saturated rings. The van der Waals surface area contributed by atoms with Gasteiger partial charge in [0.1, 0.15) is 5.76 Å². The van der Waals surface area contributed by atoms with E-state index in [0.717, 1.165) is 17.1 Å². The monoisotopic (exact) mass is 354 g/mol. The minimum atomic E-state index is -0.440. The lowest BCUT2D eigenvalue weighted by atomic mass is 9.88. The molecule has 0 radical (unpaired) electrons. The predicted molar refractivity (Wildman–Crippen MR) is 97.1 cm³/mol. The van der Waals surface area contributed by atoms with Gasteiger partial charge in [0, 0.05) is 24.0 Å². The summed E-state index contributed by atoms with van der Waals surface area (Å²) in [5, 5.41) is 7.11. The first-order valence-electron chi connectivity index (χ1n) is 7.85. The van der Waals surface area contributed by atoms with Crippen molar-refractivity contribution in [3.05, 3.63) is 34.8 Å². The molecule has 3 N–H and O–H groups in total. The smallest absolute Gasteiger partial charge is 0.253 e. The van der Waals surface area contributed by atoms with Crippen LogP contribution in [0.4, 0.5) is 0 Å². The number of hydrogen-bond acceptors (Lipinski definition) is 4. The summed E-state index contributed by atoms with van der Waals surface area (Å²) in [6.45, 7) is 12.1. The first-order chi connectivity index (χ1) is 10.7. The van der Waals surface area contributed by atoms with Gasteiger partial charge in [0.2, 0.25) is 0 Å². The zero-order chi connectivity index (χ0) is 17.4. The minimum Gasteiger partial charge on any atom is -0.360 e. The van der Waals surface area contributed by atoms with E-state index in [1.807, 2.05) is 44.4 Å². The highest BCUT2D eigenvalue weighted by atomic mass is 35.5. The van der Waals surface area contributed by atoms with Crippen LogP contribution in [0.25, 0.3) is 5.82 Å². The maximum absolute atomic E-state index is 12.7. The molecule has 1 unspecified atom stereocenters. The van der Waals surface area contributed by atoms with Crippen LogP contribution in [0.1, 0.15) is 48.3 Å². The Morgan fingerprint density at radius 1 is 1.38 bits per heavy atom. The number of carbonyl (C=O) groups excluding carboxylic acids is 1. The molecule has 0 aliphatic heterocycles. The summed E-state index contributed by atoms with van der Waals surface area (Å²) in [6, 6.07) is 3.71. The highest BCUT2D eigenvalue weighted by molar-refractivity contribution is 5.96. The second-order valence-corrected chi connectivity index (χ2v) is 6.65. The number of nitrogens with zero attached hydrogens (tertiary/aromatic N) is 2. The average Bonchev–Trinajstić information content (AvgIpc) is 3.02. The molecule has 0 aliphatic rings. The molecule has 134 valence electrons. The molecule has 2 rings (SSSR count). The molecule has 0 saturated heterocycles. The molecule has 24 heavy (non-hydrogen) atoms. The molecule has 2 heterocycles. The standard InChI is InChI=1S/C17H26N4O2.ClH/c1-10(2)17(6,9-18)19-16(22)14-7-11(3)21(13(14)5)15-8-12(4)23-20-15;/h7-8,10H,9,18H2,1-6H3,(H,19,22);1H. The predicted octanol–water partition coefficient (Wildman–Crippen LogP) is 2.92. The Hall–Kier alpha value is -1.79. The summed E-state index contributed by atoms with van der Waals surface area (Å²) >= 11 is 0. The van der Waals surface area contributed by atoms with Gasteiger partial charge in [0.15, 0.2) is 5.82 Å². The molecule has 0 aromatic carbocycles. The summed E-state index contributed by atoms with van der Waals surface area (Å²) < 4.78 is 7.06. The van der Waals surface area contributed by atoms with Crippen molar-refractivity contribution < 1.29 is 9.32 Å². The topological polar surface area (TPSA) is 86.1 Å². The van der Waals surface area contributed by atoms with Gasteiger partial charge in [-0.2, -0.15) is 0 Å². The number of hydrogen-bond donors (Lipinski definition) is 2. The molecule has 1 amide bonds. The Labute approximate surface area is 149 Å². The third-order valence-corrected chi connectivity index (χ3v) is 4.62. The van der Waals surface area contributed by atoms with E-state index in [-0.39, 0.29) is 24.2 Å². The zero-order valence-electron chi connectivity index (χ0n) is 15.1. The van der Waals surface area contributed by atoms with E-state index in [0.29, 0.717) is 17.9 Å². The van der Waals surface area contributed by atoms with E-state index >= 15 is 0 Å². The number of aromatic nitrogens is 2. The summed E-state index contributed by atoms with van der Waals surface area (Å²) in [6.07, 6.45) is 0. The lowest BCUT2D eigenvalue weighted by Gasteiger charge is -2.33. The van der Waals surface area contributed by atoms with Gasteiger partial charge in [-0.3, -0.25) is 9.36 Å². The van der Waals surface area contributed by atoms with Crippen LogP contribution in [0.15, 0.2) is 16.7 Å². The summed E-state index contributed by atoms with van der Waals surface area (Å²) in [5.74, 6) is 1.53. The number of carbonyl (C=O) groups is 1. The number of rotatable bonds is 5. The van der Waals surface area contributed by atoms with E-state index < -0.39 is 5.54 Å². The number of aryl methyl sites for hydroxylation is 2. The normalized spacial score (nSPS) is 13.5. The van der Waals surface area contributed by atoms with Gasteiger partial charge in [-0.15, -0.1) is 12.4 Å². The Bertz CT molecular complexity index is 720. The molecule has 2 aromatic rings. The molecule has 7 heteroatoms. The van der Waals surface area contributed by atoms with Crippen LogP contribution >= 0.6 is 12.4 Å². The second kappa shape index (κ2) is 7.40. The Morgan fingerprint density at radius 2 is 2.00 bits per heavy atom. The van der Waals surface area contributed by atoms with Gasteiger partial charge in [0.25, 0.3) is 5.91 Å². The van der Waals surface area contributed by atoms with Crippen molar-refractivity contribution in [3.63, 3.8) is 0 Å². The number of halogens is 1. The van der Waals surface area contributed by atoms with Crippen LogP contribution in [0.3, 0.4) is 0 Å². The molecule has 2 aromatic heterocycles. The Balaban J connectivity index is 0.00000288.